The number of Topliss-reactive ketones (excluding diaryl/α,β-unsaturated/α-hetero) is 1. The van der Waals surface area contributed by atoms with Crippen molar-refractivity contribution in [3.63, 3.8) is 0 Å². The average molecular weight is 342 g/mol. The normalized spacial score (nSPS) is 19.5. The summed E-state index contributed by atoms with van der Waals surface area (Å²) in [6.07, 6.45) is 4.74. The number of benzene rings is 2. The molecule has 1 aliphatic rings. The third-order valence-corrected chi connectivity index (χ3v) is 6.84. The Hall–Kier alpha value is -1.94. The fraction of sp³-hybridized carbons (Fsp3) is 0.350. The number of carbonyl (C=O) groups is 1. The van der Waals surface area contributed by atoms with Crippen LogP contribution in [0.1, 0.15) is 59.7 Å². The van der Waals surface area contributed by atoms with Gasteiger partial charge in [0, 0.05) is 12.0 Å². The van der Waals surface area contributed by atoms with Crippen LogP contribution in [0.2, 0.25) is 0 Å². The van der Waals surface area contributed by atoms with Gasteiger partial charge in [-0.1, -0.05) is 61.7 Å². The minimum absolute atomic E-state index is 0.0563. The summed E-state index contributed by atoms with van der Waals surface area (Å²) in [4.78, 5) is 12.9. The van der Waals surface area contributed by atoms with E-state index in [1.54, 1.807) is 36.4 Å². The summed E-state index contributed by atoms with van der Waals surface area (Å²) in [5.41, 5.74) is 1.23. The third kappa shape index (κ3) is 3.44. The van der Waals surface area contributed by atoms with Crippen molar-refractivity contribution in [1.82, 2.24) is 0 Å². The van der Waals surface area contributed by atoms with Crippen molar-refractivity contribution in [3.05, 3.63) is 65.7 Å². The minimum Gasteiger partial charge on any atom is -0.294 e. The Balaban J connectivity index is 2.11. The standard InChI is InChI=1S/C20H22O3S/c21-19-14-6-1-2-7-15-20(18-13-9-8-12-17(18)19)24(22,23)16-10-4-3-5-11-16/h3-5,8-13,20H,1-2,6-7,14-15H2. The molecule has 0 radical (unpaired) electrons. The molecule has 2 aromatic rings. The van der Waals surface area contributed by atoms with Gasteiger partial charge in [0.1, 0.15) is 0 Å². The molecule has 0 heterocycles. The smallest absolute Gasteiger partial charge is 0.185 e. The molecule has 0 saturated heterocycles. The van der Waals surface area contributed by atoms with Crippen LogP contribution in [0.5, 0.6) is 0 Å². The highest BCUT2D eigenvalue weighted by molar-refractivity contribution is 7.91. The van der Waals surface area contributed by atoms with Crippen molar-refractivity contribution >= 4 is 15.6 Å². The molecule has 2 aromatic carbocycles. The highest BCUT2D eigenvalue weighted by Crippen LogP contribution is 2.36. The maximum absolute atomic E-state index is 13.2. The molecule has 24 heavy (non-hydrogen) atoms. The maximum atomic E-state index is 13.2. The highest BCUT2D eigenvalue weighted by atomic mass is 32.2. The second kappa shape index (κ2) is 7.31. The van der Waals surface area contributed by atoms with Gasteiger partial charge in [-0.25, -0.2) is 8.42 Å². The number of fused-ring (bicyclic) bond motifs is 1. The minimum atomic E-state index is -3.52. The van der Waals surface area contributed by atoms with E-state index in [0.29, 0.717) is 28.9 Å². The molecule has 3 rings (SSSR count). The Bertz CT molecular complexity index is 810. The number of hydrogen-bond donors (Lipinski definition) is 0. The van der Waals surface area contributed by atoms with Gasteiger partial charge in [0.15, 0.2) is 15.6 Å². The monoisotopic (exact) mass is 342 g/mol. The lowest BCUT2D eigenvalue weighted by molar-refractivity contribution is 0.0977. The quantitative estimate of drug-likeness (QED) is 0.792. The SMILES string of the molecule is O=C1CCCCCCC(S(=O)(=O)c2ccccc2)c2ccccc21. The van der Waals surface area contributed by atoms with Crippen LogP contribution in [-0.4, -0.2) is 14.2 Å². The van der Waals surface area contributed by atoms with Crippen molar-refractivity contribution < 1.29 is 13.2 Å². The Morgan fingerprint density at radius 3 is 2.25 bits per heavy atom. The topological polar surface area (TPSA) is 51.2 Å². The van der Waals surface area contributed by atoms with E-state index < -0.39 is 15.1 Å². The van der Waals surface area contributed by atoms with Crippen molar-refractivity contribution in [3.8, 4) is 0 Å². The lowest BCUT2D eigenvalue weighted by Crippen LogP contribution is -2.18. The Kier molecular flexibility index (Phi) is 5.14. The number of sulfone groups is 1. The Labute approximate surface area is 143 Å². The van der Waals surface area contributed by atoms with Crippen LogP contribution in [0.25, 0.3) is 0 Å². The molecule has 0 aliphatic heterocycles. The fourth-order valence-corrected chi connectivity index (χ4v) is 5.27. The van der Waals surface area contributed by atoms with Crippen molar-refractivity contribution in [1.29, 1.82) is 0 Å². The first-order chi connectivity index (χ1) is 11.6. The summed E-state index contributed by atoms with van der Waals surface area (Å²) >= 11 is 0. The summed E-state index contributed by atoms with van der Waals surface area (Å²) in [5, 5.41) is -0.654. The summed E-state index contributed by atoms with van der Waals surface area (Å²) in [5.74, 6) is 0.0563. The molecular formula is C20H22O3S. The van der Waals surface area contributed by atoms with E-state index in [4.69, 9.17) is 0 Å². The third-order valence-electron chi connectivity index (χ3n) is 4.67. The van der Waals surface area contributed by atoms with Gasteiger partial charge >= 0.3 is 0 Å². The predicted octanol–water partition coefficient (Wildman–Crippen LogP) is 4.74. The summed E-state index contributed by atoms with van der Waals surface area (Å²) < 4.78 is 26.4. The zero-order valence-electron chi connectivity index (χ0n) is 13.6. The van der Waals surface area contributed by atoms with Crippen LogP contribution < -0.4 is 0 Å². The molecule has 0 N–H and O–H groups in total. The lowest BCUT2D eigenvalue weighted by atomic mass is 9.93. The van der Waals surface area contributed by atoms with Crippen LogP contribution in [0.4, 0.5) is 0 Å². The van der Waals surface area contributed by atoms with Crippen LogP contribution in [-0.2, 0) is 9.84 Å². The highest BCUT2D eigenvalue weighted by Gasteiger charge is 2.31. The molecule has 3 nitrogen and oxygen atoms in total. The van der Waals surface area contributed by atoms with Gasteiger partial charge in [0.25, 0.3) is 0 Å². The van der Waals surface area contributed by atoms with Gasteiger partial charge in [0.05, 0.1) is 10.1 Å². The Morgan fingerprint density at radius 2 is 1.46 bits per heavy atom. The molecule has 0 bridgehead atoms. The number of rotatable bonds is 2. The van der Waals surface area contributed by atoms with E-state index in [1.807, 2.05) is 18.2 Å². The summed E-state index contributed by atoms with van der Waals surface area (Å²) in [6.45, 7) is 0. The molecule has 0 saturated carbocycles. The summed E-state index contributed by atoms with van der Waals surface area (Å²) in [6, 6.07) is 15.8. The van der Waals surface area contributed by atoms with Crippen molar-refractivity contribution in [2.75, 3.05) is 0 Å². The maximum Gasteiger partial charge on any atom is 0.185 e. The Morgan fingerprint density at radius 1 is 0.792 bits per heavy atom. The zero-order valence-corrected chi connectivity index (χ0v) is 14.5. The molecule has 1 atom stereocenters. The summed E-state index contributed by atoms with van der Waals surface area (Å²) in [7, 11) is -3.52. The van der Waals surface area contributed by atoms with Gasteiger partial charge in [-0.05, 0) is 30.5 Å². The largest absolute Gasteiger partial charge is 0.294 e. The molecule has 1 aliphatic carbocycles. The van der Waals surface area contributed by atoms with Gasteiger partial charge in [-0.2, -0.15) is 0 Å². The first-order valence-electron chi connectivity index (χ1n) is 8.52. The van der Waals surface area contributed by atoms with Crippen LogP contribution >= 0.6 is 0 Å². The van der Waals surface area contributed by atoms with Crippen molar-refractivity contribution in [2.45, 2.75) is 48.7 Å². The van der Waals surface area contributed by atoms with Gasteiger partial charge < -0.3 is 0 Å². The number of carbonyl (C=O) groups excluding carboxylic acids is 1. The molecule has 0 amide bonds. The van der Waals surface area contributed by atoms with E-state index in [1.165, 1.54) is 0 Å². The van der Waals surface area contributed by atoms with E-state index >= 15 is 0 Å². The number of hydrogen-bond acceptors (Lipinski definition) is 3. The first-order valence-corrected chi connectivity index (χ1v) is 10.1. The van der Waals surface area contributed by atoms with Crippen molar-refractivity contribution in [2.24, 2.45) is 0 Å². The van der Waals surface area contributed by atoms with Crippen LogP contribution in [0.15, 0.2) is 59.5 Å². The second-order valence-electron chi connectivity index (χ2n) is 6.31. The molecule has 4 heteroatoms. The first kappa shape index (κ1) is 16.9. The second-order valence-corrected chi connectivity index (χ2v) is 8.44. The number of ketones is 1. The fourth-order valence-electron chi connectivity index (χ4n) is 3.39. The van der Waals surface area contributed by atoms with E-state index in [0.717, 1.165) is 25.7 Å². The van der Waals surface area contributed by atoms with Crippen LogP contribution in [0.3, 0.4) is 0 Å². The molecule has 0 fully saturated rings. The van der Waals surface area contributed by atoms with E-state index in [2.05, 4.69) is 0 Å². The molecule has 1 unspecified atom stereocenters. The zero-order chi connectivity index (χ0) is 17.0. The average Bonchev–Trinajstić information content (AvgIpc) is 2.61. The molecule has 126 valence electrons. The lowest BCUT2D eigenvalue weighted by Gasteiger charge is -2.22. The van der Waals surface area contributed by atoms with E-state index in [9.17, 15) is 13.2 Å². The van der Waals surface area contributed by atoms with Gasteiger partial charge in [0.2, 0.25) is 0 Å². The predicted molar refractivity (Wildman–Crippen MR) is 94.8 cm³/mol. The molecule has 0 spiro atoms. The van der Waals surface area contributed by atoms with Crippen LogP contribution in [0, 0.1) is 0 Å². The molecule has 0 aromatic heterocycles. The molecular weight excluding hydrogens is 320 g/mol. The van der Waals surface area contributed by atoms with Gasteiger partial charge in [-0.3, -0.25) is 4.79 Å². The van der Waals surface area contributed by atoms with Gasteiger partial charge in [-0.15, -0.1) is 0 Å². The van der Waals surface area contributed by atoms with E-state index in [-0.39, 0.29) is 5.78 Å².